The zero-order valence-electron chi connectivity index (χ0n) is 15.1. The molecule has 0 aliphatic carbocycles. The number of hydrogen-bond donors (Lipinski definition) is 1. The minimum Gasteiger partial charge on any atom is -0.461 e. The van der Waals surface area contributed by atoms with Crippen molar-refractivity contribution in [1.29, 1.82) is 0 Å². The third kappa shape index (κ3) is 3.45. The molecule has 0 saturated carbocycles. The summed E-state index contributed by atoms with van der Waals surface area (Å²) in [4.78, 5) is 27.6. The summed E-state index contributed by atoms with van der Waals surface area (Å²) in [6.45, 7) is 5.59. The van der Waals surface area contributed by atoms with E-state index in [-0.39, 0.29) is 5.78 Å². The topological polar surface area (TPSA) is 59.2 Å². The summed E-state index contributed by atoms with van der Waals surface area (Å²) in [5.74, 6) is -0.578. The Morgan fingerprint density at radius 3 is 2.54 bits per heavy atom. The average molecular weight is 347 g/mol. The number of hydrogen-bond acceptors (Lipinski definition) is 3. The Morgan fingerprint density at radius 2 is 1.81 bits per heavy atom. The van der Waals surface area contributed by atoms with E-state index in [1.165, 1.54) is 0 Å². The van der Waals surface area contributed by atoms with Crippen molar-refractivity contribution in [3.05, 3.63) is 76.6 Å². The molecule has 4 nitrogen and oxygen atoms in total. The van der Waals surface area contributed by atoms with Crippen molar-refractivity contribution in [3.63, 3.8) is 0 Å². The van der Waals surface area contributed by atoms with Gasteiger partial charge in [0.1, 0.15) is 5.69 Å². The summed E-state index contributed by atoms with van der Waals surface area (Å²) in [6, 6.07) is 14.1. The number of ether oxygens (including phenoxy) is 1. The van der Waals surface area contributed by atoms with E-state index in [4.69, 9.17) is 4.74 Å². The molecule has 132 valence electrons. The van der Waals surface area contributed by atoms with Crippen LogP contribution in [0.25, 0.3) is 16.8 Å². The van der Waals surface area contributed by atoms with Crippen molar-refractivity contribution in [2.24, 2.45) is 0 Å². The van der Waals surface area contributed by atoms with Gasteiger partial charge in [-0.25, -0.2) is 4.79 Å². The minimum atomic E-state index is -0.439. The lowest BCUT2D eigenvalue weighted by atomic mass is 10.0. The number of aryl methyl sites for hydroxylation is 1. The first kappa shape index (κ1) is 17.7. The second-order valence-electron chi connectivity index (χ2n) is 6.15. The Kier molecular flexibility index (Phi) is 5.03. The average Bonchev–Trinajstić information content (AvgIpc) is 2.94. The molecule has 0 amide bonds. The summed E-state index contributed by atoms with van der Waals surface area (Å²) >= 11 is 0. The Hall–Kier alpha value is -3.14. The van der Waals surface area contributed by atoms with E-state index in [2.05, 4.69) is 11.1 Å². The Balaban J connectivity index is 1.87. The number of aromatic nitrogens is 1. The number of allylic oxidation sites excluding steroid dienone is 1. The second kappa shape index (κ2) is 7.40. The smallest absolute Gasteiger partial charge is 0.355 e. The SMILES string of the molecule is CCOC(=O)c1[nH]c(C)c(C(=O)/C=C/c2ccc3ccccc3c2)c1C. The zero-order chi connectivity index (χ0) is 18.7. The van der Waals surface area contributed by atoms with E-state index in [0.717, 1.165) is 16.3 Å². The molecular formula is C22H21NO3. The van der Waals surface area contributed by atoms with Gasteiger partial charge in [-0.05, 0) is 54.8 Å². The lowest BCUT2D eigenvalue weighted by molar-refractivity contribution is 0.0519. The van der Waals surface area contributed by atoms with Gasteiger partial charge in [-0.1, -0.05) is 42.5 Å². The number of aromatic amines is 1. The fourth-order valence-corrected chi connectivity index (χ4v) is 3.09. The molecule has 1 N–H and O–H groups in total. The van der Waals surface area contributed by atoms with Crippen LogP contribution in [0.2, 0.25) is 0 Å². The normalized spacial score (nSPS) is 11.2. The number of ketones is 1. The second-order valence-corrected chi connectivity index (χ2v) is 6.15. The van der Waals surface area contributed by atoms with Crippen LogP contribution in [-0.2, 0) is 4.74 Å². The van der Waals surface area contributed by atoms with Gasteiger partial charge in [0.15, 0.2) is 5.78 Å². The Bertz CT molecular complexity index is 1010. The fraction of sp³-hybridized carbons (Fsp3) is 0.182. The van der Waals surface area contributed by atoms with Crippen LogP contribution in [0.15, 0.2) is 48.5 Å². The highest BCUT2D eigenvalue weighted by atomic mass is 16.5. The maximum Gasteiger partial charge on any atom is 0.355 e. The molecule has 26 heavy (non-hydrogen) atoms. The molecule has 1 aromatic heterocycles. The molecule has 0 fully saturated rings. The first-order valence-corrected chi connectivity index (χ1v) is 8.58. The number of H-pyrrole nitrogens is 1. The highest BCUT2D eigenvalue weighted by Gasteiger charge is 2.21. The van der Waals surface area contributed by atoms with Gasteiger partial charge in [0.05, 0.1) is 6.61 Å². The molecule has 1 heterocycles. The standard InChI is InChI=1S/C22H21NO3/c1-4-26-22(25)21-14(2)20(15(3)23-21)19(24)12-10-16-9-11-17-7-5-6-8-18(17)13-16/h5-13,23H,4H2,1-3H3/b12-10+. The van der Waals surface area contributed by atoms with E-state index >= 15 is 0 Å². The lowest BCUT2D eigenvalue weighted by Crippen LogP contribution is -2.07. The van der Waals surface area contributed by atoms with Gasteiger partial charge in [0.25, 0.3) is 0 Å². The molecule has 0 unspecified atom stereocenters. The molecule has 0 bridgehead atoms. The summed E-state index contributed by atoms with van der Waals surface area (Å²) < 4.78 is 5.03. The van der Waals surface area contributed by atoms with Gasteiger partial charge in [-0.2, -0.15) is 0 Å². The molecular weight excluding hydrogens is 326 g/mol. The van der Waals surface area contributed by atoms with Crippen LogP contribution in [-0.4, -0.2) is 23.3 Å². The predicted molar refractivity (Wildman–Crippen MR) is 104 cm³/mol. The molecule has 0 aliphatic heterocycles. The van der Waals surface area contributed by atoms with Crippen LogP contribution >= 0.6 is 0 Å². The summed E-state index contributed by atoms with van der Waals surface area (Å²) in [7, 11) is 0. The van der Waals surface area contributed by atoms with E-state index in [1.807, 2.05) is 36.4 Å². The quantitative estimate of drug-likeness (QED) is 0.407. The molecule has 0 saturated heterocycles. The number of benzene rings is 2. The number of carbonyl (C=O) groups is 2. The van der Waals surface area contributed by atoms with Gasteiger partial charge in [-0.3, -0.25) is 4.79 Å². The molecule has 0 aliphatic rings. The number of fused-ring (bicyclic) bond motifs is 1. The summed E-state index contributed by atoms with van der Waals surface area (Å²) in [5, 5.41) is 2.29. The summed E-state index contributed by atoms with van der Waals surface area (Å²) in [5.41, 5.74) is 3.10. The highest BCUT2D eigenvalue weighted by molar-refractivity contribution is 6.10. The maximum absolute atomic E-state index is 12.7. The largest absolute Gasteiger partial charge is 0.461 e. The van der Waals surface area contributed by atoms with Crippen molar-refractivity contribution in [2.75, 3.05) is 6.61 Å². The number of rotatable bonds is 5. The Labute approximate surface area is 152 Å². The van der Waals surface area contributed by atoms with Crippen LogP contribution < -0.4 is 0 Å². The predicted octanol–water partition coefficient (Wildman–Crippen LogP) is 4.86. The minimum absolute atomic E-state index is 0.139. The highest BCUT2D eigenvalue weighted by Crippen LogP contribution is 2.21. The van der Waals surface area contributed by atoms with Crippen molar-refractivity contribution < 1.29 is 14.3 Å². The van der Waals surface area contributed by atoms with E-state index in [0.29, 0.717) is 29.1 Å². The molecule has 0 radical (unpaired) electrons. The molecule has 0 atom stereocenters. The monoisotopic (exact) mass is 347 g/mol. The maximum atomic E-state index is 12.7. The molecule has 2 aromatic carbocycles. The first-order valence-electron chi connectivity index (χ1n) is 8.58. The van der Waals surface area contributed by atoms with E-state index < -0.39 is 5.97 Å². The van der Waals surface area contributed by atoms with Gasteiger partial charge in [0, 0.05) is 11.3 Å². The fourth-order valence-electron chi connectivity index (χ4n) is 3.09. The Morgan fingerprint density at radius 1 is 1.08 bits per heavy atom. The number of esters is 1. The van der Waals surface area contributed by atoms with E-state index in [9.17, 15) is 9.59 Å². The number of nitrogens with one attached hydrogen (secondary N) is 1. The zero-order valence-corrected chi connectivity index (χ0v) is 15.1. The third-order valence-corrected chi connectivity index (χ3v) is 4.36. The van der Waals surface area contributed by atoms with Gasteiger partial charge in [-0.15, -0.1) is 0 Å². The van der Waals surface area contributed by atoms with E-state index in [1.54, 1.807) is 32.9 Å². The molecule has 3 rings (SSSR count). The molecule has 3 aromatic rings. The van der Waals surface area contributed by atoms with Gasteiger partial charge in [0.2, 0.25) is 0 Å². The molecule has 4 heteroatoms. The van der Waals surface area contributed by atoms with Gasteiger partial charge >= 0.3 is 5.97 Å². The first-order chi connectivity index (χ1) is 12.5. The van der Waals surface area contributed by atoms with Crippen LogP contribution in [0.4, 0.5) is 0 Å². The third-order valence-electron chi connectivity index (χ3n) is 4.36. The molecule has 0 spiro atoms. The van der Waals surface area contributed by atoms with Crippen LogP contribution in [0, 0.1) is 13.8 Å². The summed E-state index contributed by atoms with van der Waals surface area (Å²) in [6.07, 6.45) is 3.34. The number of carbonyl (C=O) groups excluding carboxylic acids is 2. The van der Waals surface area contributed by atoms with Crippen molar-refractivity contribution in [3.8, 4) is 0 Å². The van der Waals surface area contributed by atoms with Crippen molar-refractivity contribution in [1.82, 2.24) is 4.98 Å². The van der Waals surface area contributed by atoms with Crippen LogP contribution in [0.3, 0.4) is 0 Å². The van der Waals surface area contributed by atoms with Crippen molar-refractivity contribution in [2.45, 2.75) is 20.8 Å². The van der Waals surface area contributed by atoms with Crippen LogP contribution in [0.5, 0.6) is 0 Å². The van der Waals surface area contributed by atoms with Gasteiger partial charge < -0.3 is 9.72 Å². The lowest BCUT2D eigenvalue weighted by Gasteiger charge is -2.01. The van der Waals surface area contributed by atoms with Crippen molar-refractivity contribution >= 4 is 28.6 Å². The van der Waals surface area contributed by atoms with Crippen LogP contribution in [0.1, 0.15) is 44.6 Å².